The van der Waals surface area contributed by atoms with Crippen molar-refractivity contribution in [3.8, 4) is 0 Å². The summed E-state index contributed by atoms with van der Waals surface area (Å²) in [4.78, 5) is 57.5. The third-order valence-corrected chi connectivity index (χ3v) is 6.63. The van der Waals surface area contributed by atoms with Gasteiger partial charge in [0.25, 0.3) is 11.8 Å². The highest BCUT2D eigenvalue weighted by Crippen LogP contribution is 2.35. The number of fused-ring (bicyclic) bond motifs is 1. The summed E-state index contributed by atoms with van der Waals surface area (Å²) in [6.45, 7) is 0.727. The van der Waals surface area contributed by atoms with Crippen molar-refractivity contribution in [1.82, 2.24) is 15.2 Å². The number of thiazole rings is 1. The summed E-state index contributed by atoms with van der Waals surface area (Å²) in [5.41, 5.74) is 5.04. The number of carboxylic acids is 1. The van der Waals surface area contributed by atoms with Crippen LogP contribution in [-0.4, -0.2) is 79.5 Å². The minimum atomic E-state index is -1.76. The molecule has 4 N–H and O–H groups in total. The quantitative estimate of drug-likeness (QED) is 0.180. The van der Waals surface area contributed by atoms with Crippen LogP contribution in [0, 0.1) is 0 Å². The third kappa shape index (κ3) is 4.27. The molecule has 1 aromatic heterocycles. The van der Waals surface area contributed by atoms with Gasteiger partial charge in [0, 0.05) is 17.9 Å². The number of oxime groups is 1. The first-order chi connectivity index (χ1) is 14.6. The molecule has 3 heterocycles. The van der Waals surface area contributed by atoms with Crippen LogP contribution in [0.2, 0.25) is 0 Å². The van der Waals surface area contributed by atoms with Crippen molar-refractivity contribution in [3.63, 3.8) is 0 Å². The fourth-order valence-corrected chi connectivity index (χ4v) is 5.27. The molecule has 2 aliphatic heterocycles. The molecule has 0 bridgehead atoms. The van der Waals surface area contributed by atoms with Crippen LogP contribution < -0.4 is 11.1 Å². The molecule has 1 fully saturated rings. The van der Waals surface area contributed by atoms with Gasteiger partial charge in [-0.15, -0.1) is 11.3 Å². The first kappa shape index (κ1) is 22.4. The number of hydrogen-bond acceptors (Lipinski definition) is 11. The van der Waals surface area contributed by atoms with Crippen molar-refractivity contribution in [2.24, 2.45) is 5.16 Å². The van der Waals surface area contributed by atoms with Crippen LogP contribution in [0.25, 0.3) is 0 Å². The molecule has 0 radical (unpaired) electrons. The number of carbonyl (C=O) groups excluding carboxylic acids is 3. The van der Waals surface area contributed by atoms with Gasteiger partial charge in [0.1, 0.15) is 36.5 Å². The summed E-state index contributed by atoms with van der Waals surface area (Å²) < 4.78 is 17.5. The van der Waals surface area contributed by atoms with Gasteiger partial charge in [0.15, 0.2) is 10.8 Å². The lowest BCUT2D eigenvalue weighted by atomic mass is 10.0. The molecule has 13 nitrogen and oxygen atoms in total. The number of ether oxygens (including phenoxy) is 1. The number of hydrogen-bond donors (Lipinski definition) is 3. The third-order valence-electron chi connectivity index (χ3n) is 4.31. The smallest absolute Gasteiger partial charge is 0.352 e. The molecule has 0 aliphatic carbocycles. The van der Waals surface area contributed by atoms with E-state index in [0.29, 0.717) is 0 Å². The Balaban J connectivity index is 1.84. The molecule has 0 spiro atoms. The molecular formula is C16H17N5O8S2. The van der Waals surface area contributed by atoms with E-state index in [1.165, 1.54) is 12.5 Å². The number of aliphatic carboxylic acids is 1. The molecule has 2 amide bonds. The number of rotatable bonds is 7. The van der Waals surface area contributed by atoms with Gasteiger partial charge in [-0.05, 0) is 0 Å². The molecule has 0 saturated carbocycles. The lowest BCUT2D eigenvalue weighted by molar-refractivity contribution is -0.150. The Hall–Kier alpha value is -3.33. The maximum Gasteiger partial charge on any atom is 0.352 e. The van der Waals surface area contributed by atoms with Gasteiger partial charge >= 0.3 is 11.9 Å². The molecule has 0 aromatic carbocycles. The lowest BCUT2D eigenvalue weighted by Crippen LogP contribution is -2.74. The molecule has 2 aliphatic rings. The number of esters is 1. The summed E-state index contributed by atoms with van der Waals surface area (Å²) >= 11 is 1.06. The van der Waals surface area contributed by atoms with Gasteiger partial charge in [-0.2, -0.15) is 0 Å². The molecule has 31 heavy (non-hydrogen) atoms. The molecule has 15 heteroatoms. The fourth-order valence-electron chi connectivity index (χ4n) is 3.05. The topological polar surface area (TPSA) is 191 Å². The number of amides is 2. The van der Waals surface area contributed by atoms with E-state index in [1.54, 1.807) is 0 Å². The van der Waals surface area contributed by atoms with Crippen molar-refractivity contribution in [2.75, 3.05) is 25.2 Å². The normalized spacial score (nSPS) is 23.0. The number of anilines is 1. The van der Waals surface area contributed by atoms with Crippen molar-refractivity contribution in [3.05, 3.63) is 22.3 Å². The van der Waals surface area contributed by atoms with Crippen molar-refractivity contribution in [1.29, 1.82) is 0 Å². The Morgan fingerprint density at radius 2 is 2.19 bits per heavy atom. The van der Waals surface area contributed by atoms with E-state index in [-0.39, 0.29) is 27.9 Å². The second-order valence-corrected chi connectivity index (χ2v) is 8.73. The Kier molecular flexibility index (Phi) is 6.35. The van der Waals surface area contributed by atoms with Crippen LogP contribution in [-0.2, 0) is 39.6 Å². The van der Waals surface area contributed by atoms with E-state index in [1.807, 2.05) is 0 Å². The highest BCUT2D eigenvalue weighted by molar-refractivity contribution is 7.86. The van der Waals surface area contributed by atoms with Crippen LogP contribution in [0.3, 0.4) is 0 Å². The van der Waals surface area contributed by atoms with Crippen molar-refractivity contribution < 1.29 is 38.1 Å². The Bertz CT molecular complexity index is 1050. The molecular weight excluding hydrogens is 454 g/mol. The van der Waals surface area contributed by atoms with Gasteiger partial charge in [-0.1, -0.05) is 5.16 Å². The van der Waals surface area contributed by atoms with E-state index in [4.69, 9.17) is 10.5 Å². The zero-order chi connectivity index (χ0) is 22.9. The van der Waals surface area contributed by atoms with E-state index in [0.717, 1.165) is 23.2 Å². The Morgan fingerprint density at radius 3 is 2.74 bits per heavy atom. The Labute approximate surface area is 181 Å². The minimum Gasteiger partial charge on any atom is -0.477 e. The van der Waals surface area contributed by atoms with Gasteiger partial charge in [0.2, 0.25) is 0 Å². The van der Waals surface area contributed by atoms with Gasteiger partial charge < -0.3 is 25.7 Å². The summed E-state index contributed by atoms with van der Waals surface area (Å²) in [6.07, 6.45) is 0. The summed E-state index contributed by atoms with van der Waals surface area (Å²) in [5.74, 6) is -3.95. The highest BCUT2D eigenvalue weighted by Gasteiger charge is 2.57. The van der Waals surface area contributed by atoms with Crippen LogP contribution >= 0.6 is 11.3 Å². The summed E-state index contributed by atoms with van der Waals surface area (Å²) in [7, 11) is -0.549. The number of nitrogens with zero attached hydrogens (tertiary/aromatic N) is 3. The van der Waals surface area contributed by atoms with Crippen LogP contribution in [0.5, 0.6) is 0 Å². The summed E-state index contributed by atoms with van der Waals surface area (Å²) in [6, 6.07) is -1.25. The van der Waals surface area contributed by atoms with E-state index in [2.05, 4.69) is 20.3 Å². The number of β-lactam (4-membered cyclic amide) rings is 1. The van der Waals surface area contributed by atoms with Crippen LogP contribution in [0.4, 0.5) is 5.13 Å². The molecule has 1 saturated heterocycles. The fraction of sp³-hybridized carbons (Fsp3) is 0.375. The zero-order valence-electron chi connectivity index (χ0n) is 16.2. The predicted octanol–water partition coefficient (Wildman–Crippen LogP) is -1.61. The number of carbonyl (C=O) groups is 4. The maximum absolute atomic E-state index is 12.7. The molecule has 3 atom stereocenters. The van der Waals surface area contributed by atoms with Gasteiger partial charge in [0.05, 0.1) is 16.6 Å². The van der Waals surface area contributed by atoms with Crippen LogP contribution in [0.15, 0.2) is 21.8 Å². The van der Waals surface area contributed by atoms with Crippen LogP contribution in [0.1, 0.15) is 12.6 Å². The minimum absolute atomic E-state index is 0.0370. The highest BCUT2D eigenvalue weighted by atomic mass is 32.2. The monoisotopic (exact) mass is 471 g/mol. The maximum atomic E-state index is 12.7. The number of nitrogen functional groups attached to an aromatic ring is 1. The molecule has 1 aromatic rings. The number of nitrogens with two attached hydrogens (primary N) is 1. The Morgan fingerprint density at radius 1 is 1.48 bits per heavy atom. The van der Waals surface area contributed by atoms with E-state index in [9.17, 15) is 28.5 Å². The second-order valence-electron chi connectivity index (χ2n) is 6.31. The molecule has 166 valence electrons. The first-order valence-corrected chi connectivity index (χ1v) is 10.8. The van der Waals surface area contributed by atoms with E-state index < -0.39 is 58.3 Å². The number of aromatic nitrogens is 1. The molecule has 3 rings (SSSR count). The largest absolute Gasteiger partial charge is 0.477 e. The first-order valence-electron chi connectivity index (χ1n) is 8.58. The lowest BCUT2D eigenvalue weighted by Gasteiger charge is -2.48. The number of carboxylic acid groups (broad SMARTS) is 1. The standard InChI is InChI=1S/C16H17N5O8S2/c1-6(22)29-3-7-5-31(27)14-10(13(24)21(14)11(7)15(25)26)19-12(23)9(20-28-2)8-4-30-16(17)18-8/h4,10,14H,3,5H2,1-2H3,(H2,17,18)(H,19,23)(H,25,26)/b20-9+/t10-,14+,31?/m0/s1. The SMILES string of the molecule is CO/N=C(/C(=O)N[C@H]1C(=O)N2C(C(=O)O)=C(COC(C)=O)CS(=O)[C@H]12)c1csc(N)n1. The number of nitrogens with one attached hydrogen (secondary N) is 1. The van der Waals surface area contributed by atoms with E-state index >= 15 is 0 Å². The van der Waals surface area contributed by atoms with Crippen molar-refractivity contribution >= 4 is 56.7 Å². The summed E-state index contributed by atoms with van der Waals surface area (Å²) in [5, 5.41) is 16.1. The zero-order valence-corrected chi connectivity index (χ0v) is 17.8. The van der Waals surface area contributed by atoms with Gasteiger partial charge in [-0.25, -0.2) is 9.78 Å². The predicted molar refractivity (Wildman–Crippen MR) is 107 cm³/mol. The average molecular weight is 471 g/mol. The second kappa shape index (κ2) is 8.81. The van der Waals surface area contributed by atoms with Crippen molar-refractivity contribution in [2.45, 2.75) is 18.3 Å². The average Bonchev–Trinajstić information content (AvgIpc) is 3.13. The molecule has 1 unspecified atom stereocenters. The van der Waals surface area contributed by atoms with Gasteiger partial charge in [-0.3, -0.25) is 23.5 Å².